The van der Waals surface area contributed by atoms with Crippen LogP contribution < -0.4 is 0 Å². The van der Waals surface area contributed by atoms with Gasteiger partial charge in [-0.05, 0) is 26.3 Å². The van der Waals surface area contributed by atoms with Gasteiger partial charge in [-0.3, -0.25) is 0 Å². The molecule has 1 rings (SSSR count). The van der Waals surface area contributed by atoms with E-state index in [-0.39, 0.29) is 16.9 Å². The van der Waals surface area contributed by atoms with Crippen molar-refractivity contribution < 1.29 is 4.74 Å². The zero-order valence-electron chi connectivity index (χ0n) is 10.7. The van der Waals surface area contributed by atoms with Gasteiger partial charge in [-0.2, -0.15) is 15.8 Å². The number of nitriles is 3. The van der Waals surface area contributed by atoms with Gasteiger partial charge in [-0.25, -0.2) is 0 Å². The smallest absolute Gasteiger partial charge is 0.172 e. The lowest BCUT2D eigenvalue weighted by atomic mass is 9.89. The molecule has 0 fully saturated rings. The third-order valence-electron chi connectivity index (χ3n) is 2.92. The molecule has 90 valence electrons. The molecule has 0 saturated carbocycles. The molecule has 1 aliphatic heterocycles. The molecule has 4 heteroatoms. The van der Waals surface area contributed by atoms with E-state index >= 15 is 0 Å². The van der Waals surface area contributed by atoms with Crippen molar-refractivity contribution in [1.82, 2.24) is 0 Å². The average molecular weight is 239 g/mol. The largest absolute Gasteiger partial charge is 0.479 e. The summed E-state index contributed by atoms with van der Waals surface area (Å²) >= 11 is 0. The van der Waals surface area contributed by atoms with Gasteiger partial charge in [-0.1, -0.05) is 12.2 Å². The number of allylic oxidation sites excluding steroid dienone is 2. The predicted molar refractivity (Wildman–Crippen MR) is 65.5 cm³/mol. The van der Waals surface area contributed by atoms with E-state index in [0.29, 0.717) is 6.42 Å². The van der Waals surface area contributed by atoms with Crippen LogP contribution >= 0.6 is 0 Å². The van der Waals surface area contributed by atoms with E-state index in [4.69, 9.17) is 20.5 Å². The zero-order chi connectivity index (χ0) is 13.9. The topological polar surface area (TPSA) is 80.6 Å². The molecule has 0 radical (unpaired) electrons. The Labute approximate surface area is 107 Å². The van der Waals surface area contributed by atoms with E-state index in [1.54, 1.807) is 19.1 Å². The van der Waals surface area contributed by atoms with E-state index in [1.807, 2.05) is 19.9 Å². The van der Waals surface area contributed by atoms with Crippen molar-refractivity contribution >= 4 is 0 Å². The maximum atomic E-state index is 9.15. The van der Waals surface area contributed by atoms with Crippen LogP contribution in [0.15, 0.2) is 34.6 Å². The molecule has 0 saturated heterocycles. The molecule has 1 atom stereocenters. The molecule has 4 nitrogen and oxygen atoms in total. The third-order valence-corrected chi connectivity index (χ3v) is 2.92. The van der Waals surface area contributed by atoms with Gasteiger partial charge < -0.3 is 4.74 Å². The van der Waals surface area contributed by atoms with Gasteiger partial charge in [0.25, 0.3) is 0 Å². The highest BCUT2D eigenvalue weighted by Gasteiger charge is 2.40. The molecular weight excluding hydrogens is 226 g/mol. The van der Waals surface area contributed by atoms with Crippen molar-refractivity contribution in [1.29, 1.82) is 15.8 Å². The first-order chi connectivity index (χ1) is 8.39. The van der Waals surface area contributed by atoms with E-state index in [1.165, 1.54) is 0 Å². The third kappa shape index (κ3) is 2.12. The summed E-state index contributed by atoms with van der Waals surface area (Å²) in [7, 11) is 0. The fourth-order valence-corrected chi connectivity index (χ4v) is 1.97. The molecule has 18 heavy (non-hydrogen) atoms. The number of ether oxygens (including phenoxy) is 1. The summed E-state index contributed by atoms with van der Waals surface area (Å²) in [5.41, 5.74) is 1.04. The van der Waals surface area contributed by atoms with Gasteiger partial charge in [0.2, 0.25) is 0 Å². The van der Waals surface area contributed by atoms with Crippen molar-refractivity contribution in [3.63, 3.8) is 0 Å². The molecule has 1 heterocycles. The van der Waals surface area contributed by atoms with E-state index < -0.39 is 5.60 Å². The van der Waals surface area contributed by atoms with Crippen LogP contribution in [-0.2, 0) is 4.74 Å². The van der Waals surface area contributed by atoms with Crippen molar-refractivity contribution in [3.05, 3.63) is 34.6 Å². The highest BCUT2D eigenvalue weighted by molar-refractivity contribution is 5.57. The van der Waals surface area contributed by atoms with Crippen molar-refractivity contribution in [2.45, 2.75) is 32.8 Å². The molecule has 0 N–H and O–H groups in total. The Hall–Kier alpha value is -2.51. The van der Waals surface area contributed by atoms with Gasteiger partial charge in [0.1, 0.15) is 23.8 Å². The molecule has 0 aromatic carbocycles. The highest BCUT2D eigenvalue weighted by Crippen LogP contribution is 2.42. The summed E-state index contributed by atoms with van der Waals surface area (Å²) in [5, 5.41) is 26.9. The van der Waals surface area contributed by atoms with Crippen LogP contribution in [0, 0.1) is 34.0 Å². The standard InChI is InChI=1S/C14H13N3O/c1-9(2)5-14(4)10(3)12(8-17)13(18-14)11(6-15)7-16/h1,5H2,2-4H3. The van der Waals surface area contributed by atoms with Crippen LogP contribution in [0.3, 0.4) is 0 Å². The first-order valence-corrected chi connectivity index (χ1v) is 5.39. The van der Waals surface area contributed by atoms with Crippen molar-refractivity contribution in [2.24, 2.45) is 0 Å². The van der Waals surface area contributed by atoms with Crippen LogP contribution in [-0.4, -0.2) is 5.60 Å². The Balaban J connectivity index is 3.42. The molecule has 0 bridgehead atoms. The SMILES string of the molecule is C=C(C)CC1(C)OC(=C(C#N)C#N)C(C#N)=C1C. The molecule has 1 unspecified atom stereocenters. The van der Waals surface area contributed by atoms with Crippen LogP contribution in [0.4, 0.5) is 0 Å². The number of hydrogen-bond acceptors (Lipinski definition) is 4. The summed E-state index contributed by atoms with van der Waals surface area (Å²) in [6, 6.07) is 5.52. The zero-order valence-corrected chi connectivity index (χ0v) is 10.7. The van der Waals surface area contributed by atoms with Gasteiger partial charge in [0.05, 0.1) is 5.57 Å². The fraction of sp³-hybridized carbons (Fsp3) is 0.357. The normalized spacial score (nSPS) is 21.7. The van der Waals surface area contributed by atoms with E-state index in [9.17, 15) is 0 Å². The molecule has 0 amide bonds. The number of nitrogens with zero attached hydrogens (tertiary/aromatic N) is 3. The fourth-order valence-electron chi connectivity index (χ4n) is 1.97. The van der Waals surface area contributed by atoms with Crippen LogP contribution in [0.1, 0.15) is 27.2 Å². The Morgan fingerprint density at radius 3 is 2.28 bits per heavy atom. The second kappa shape index (κ2) is 4.78. The first-order valence-electron chi connectivity index (χ1n) is 5.39. The average Bonchev–Trinajstić information content (AvgIpc) is 2.52. The predicted octanol–water partition coefficient (Wildman–Crippen LogP) is 2.88. The summed E-state index contributed by atoms with van der Waals surface area (Å²) in [4.78, 5) is 0. The molecule has 0 aromatic heterocycles. The van der Waals surface area contributed by atoms with Gasteiger partial charge in [-0.15, -0.1) is 0 Å². The molecule has 0 aliphatic carbocycles. The maximum Gasteiger partial charge on any atom is 0.172 e. The Bertz CT molecular complexity index is 574. The first kappa shape index (κ1) is 13.6. The van der Waals surface area contributed by atoms with Gasteiger partial charge in [0.15, 0.2) is 11.3 Å². The highest BCUT2D eigenvalue weighted by atomic mass is 16.5. The van der Waals surface area contributed by atoms with Crippen molar-refractivity contribution in [2.75, 3.05) is 0 Å². The summed E-state index contributed by atoms with van der Waals surface area (Å²) in [6.45, 7) is 9.30. The minimum atomic E-state index is -0.703. The van der Waals surface area contributed by atoms with Crippen LogP contribution in [0.2, 0.25) is 0 Å². The van der Waals surface area contributed by atoms with Crippen LogP contribution in [0.25, 0.3) is 0 Å². The Kier molecular flexibility index (Phi) is 3.60. The second-order valence-electron chi connectivity index (χ2n) is 4.51. The van der Waals surface area contributed by atoms with Gasteiger partial charge >= 0.3 is 0 Å². The van der Waals surface area contributed by atoms with Crippen LogP contribution in [0.5, 0.6) is 0 Å². The van der Waals surface area contributed by atoms with E-state index in [2.05, 4.69) is 6.58 Å². The lowest BCUT2D eigenvalue weighted by Crippen LogP contribution is -2.26. The molecular formula is C14H13N3O. The molecule has 0 spiro atoms. The lowest BCUT2D eigenvalue weighted by molar-refractivity contribution is 0.0752. The number of hydrogen-bond donors (Lipinski definition) is 0. The second-order valence-corrected chi connectivity index (χ2v) is 4.51. The minimum Gasteiger partial charge on any atom is -0.479 e. The quantitative estimate of drug-likeness (QED) is 0.548. The minimum absolute atomic E-state index is 0.0868. The Morgan fingerprint density at radius 1 is 1.33 bits per heavy atom. The van der Waals surface area contributed by atoms with Gasteiger partial charge in [0, 0.05) is 6.42 Å². The lowest BCUT2D eigenvalue weighted by Gasteiger charge is -2.26. The maximum absolute atomic E-state index is 9.15. The number of rotatable bonds is 2. The summed E-state index contributed by atoms with van der Waals surface area (Å²) in [5.74, 6) is 0.0868. The molecule has 1 aliphatic rings. The summed E-state index contributed by atoms with van der Waals surface area (Å²) < 4.78 is 5.70. The van der Waals surface area contributed by atoms with Crippen molar-refractivity contribution in [3.8, 4) is 18.2 Å². The monoisotopic (exact) mass is 239 g/mol. The summed E-state index contributed by atoms with van der Waals surface area (Å²) in [6.07, 6.45) is 0.539. The van der Waals surface area contributed by atoms with E-state index in [0.717, 1.165) is 11.1 Å². The molecule has 0 aromatic rings. The Morgan fingerprint density at radius 2 is 1.89 bits per heavy atom.